The Kier molecular flexibility index (Phi) is 5.20. The van der Waals surface area contributed by atoms with Crippen LogP contribution in [0, 0.1) is 5.92 Å². The van der Waals surface area contributed by atoms with Crippen molar-refractivity contribution in [3.8, 4) is 0 Å². The SMILES string of the molecule is CC1=CCCN(CC(C)CCCN)C1. The average Bonchev–Trinajstić information content (AvgIpc) is 2.15. The van der Waals surface area contributed by atoms with Crippen molar-refractivity contribution in [1.29, 1.82) is 0 Å². The standard InChI is InChI=1S/C12H24N2/c1-11(5-3-7-13)9-14-8-4-6-12(2)10-14/h6,11H,3-5,7-10,13H2,1-2H3. The van der Waals surface area contributed by atoms with Crippen LogP contribution in [-0.4, -0.2) is 31.1 Å². The normalized spacial score (nSPS) is 20.6. The van der Waals surface area contributed by atoms with E-state index in [2.05, 4.69) is 24.8 Å². The van der Waals surface area contributed by atoms with Crippen LogP contribution in [0.25, 0.3) is 0 Å². The Morgan fingerprint density at radius 3 is 3.00 bits per heavy atom. The fourth-order valence-corrected chi connectivity index (χ4v) is 2.14. The maximum atomic E-state index is 5.51. The minimum Gasteiger partial charge on any atom is -0.330 e. The van der Waals surface area contributed by atoms with E-state index in [1.54, 1.807) is 0 Å². The van der Waals surface area contributed by atoms with E-state index in [1.807, 2.05) is 0 Å². The van der Waals surface area contributed by atoms with Gasteiger partial charge in [0.15, 0.2) is 0 Å². The van der Waals surface area contributed by atoms with Crippen LogP contribution < -0.4 is 5.73 Å². The van der Waals surface area contributed by atoms with Crippen LogP contribution in [0.4, 0.5) is 0 Å². The summed E-state index contributed by atoms with van der Waals surface area (Å²) in [5.41, 5.74) is 7.04. The van der Waals surface area contributed by atoms with Crippen LogP contribution in [-0.2, 0) is 0 Å². The van der Waals surface area contributed by atoms with Gasteiger partial charge in [-0.2, -0.15) is 0 Å². The summed E-state index contributed by atoms with van der Waals surface area (Å²) in [6.07, 6.45) is 6.04. The predicted octanol–water partition coefficient (Wildman–Crippen LogP) is 2.01. The van der Waals surface area contributed by atoms with E-state index in [1.165, 1.54) is 44.5 Å². The first-order valence-corrected chi connectivity index (χ1v) is 5.80. The zero-order chi connectivity index (χ0) is 10.4. The summed E-state index contributed by atoms with van der Waals surface area (Å²) in [6.45, 7) is 9.06. The van der Waals surface area contributed by atoms with Gasteiger partial charge in [-0.1, -0.05) is 18.6 Å². The molecule has 2 nitrogen and oxygen atoms in total. The summed E-state index contributed by atoms with van der Waals surface area (Å²) in [5, 5.41) is 0. The molecule has 0 fully saturated rings. The highest BCUT2D eigenvalue weighted by Gasteiger charge is 2.12. The van der Waals surface area contributed by atoms with E-state index >= 15 is 0 Å². The van der Waals surface area contributed by atoms with Crippen molar-refractivity contribution < 1.29 is 0 Å². The van der Waals surface area contributed by atoms with Crippen LogP contribution in [0.15, 0.2) is 11.6 Å². The quantitative estimate of drug-likeness (QED) is 0.682. The summed E-state index contributed by atoms with van der Waals surface area (Å²) in [4.78, 5) is 2.57. The third-order valence-electron chi connectivity index (χ3n) is 2.88. The number of nitrogens with two attached hydrogens (primary N) is 1. The Labute approximate surface area is 88.2 Å². The van der Waals surface area contributed by atoms with Crippen LogP contribution in [0.3, 0.4) is 0 Å². The van der Waals surface area contributed by atoms with Gasteiger partial charge in [0.2, 0.25) is 0 Å². The van der Waals surface area contributed by atoms with Gasteiger partial charge in [-0.05, 0) is 38.6 Å². The molecule has 1 aliphatic rings. The van der Waals surface area contributed by atoms with Crippen LogP contribution in [0.2, 0.25) is 0 Å². The largest absolute Gasteiger partial charge is 0.330 e. The molecule has 0 spiro atoms. The number of rotatable bonds is 5. The third kappa shape index (κ3) is 4.25. The van der Waals surface area contributed by atoms with Gasteiger partial charge in [0.25, 0.3) is 0 Å². The smallest absolute Gasteiger partial charge is 0.0190 e. The molecular weight excluding hydrogens is 172 g/mol. The minimum atomic E-state index is 0.796. The lowest BCUT2D eigenvalue weighted by Gasteiger charge is -2.28. The highest BCUT2D eigenvalue weighted by Crippen LogP contribution is 2.13. The minimum absolute atomic E-state index is 0.796. The van der Waals surface area contributed by atoms with E-state index in [4.69, 9.17) is 5.73 Å². The van der Waals surface area contributed by atoms with Crippen LogP contribution >= 0.6 is 0 Å². The van der Waals surface area contributed by atoms with Gasteiger partial charge in [0.05, 0.1) is 0 Å². The van der Waals surface area contributed by atoms with Gasteiger partial charge in [-0.3, -0.25) is 4.90 Å². The molecule has 2 heteroatoms. The Balaban J connectivity index is 2.20. The van der Waals surface area contributed by atoms with Crippen molar-refractivity contribution >= 4 is 0 Å². The highest BCUT2D eigenvalue weighted by atomic mass is 15.1. The zero-order valence-electron chi connectivity index (χ0n) is 9.63. The molecule has 0 radical (unpaired) electrons. The molecule has 1 aliphatic heterocycles. The maximum Gasteiger partial charge on any atom is 0.0190 e. The molecule has 0 aromatic carbocycles. The highest BCUT2D eigenvalue weighted by molar-refractivity contribution is 5.04. The fraction of sp³-hybridized carbons (Fsp3) is 0.833. The van der Waals surface area contributed by atoms with Crippen molar-refractivity contribution in [2.24, 2.45) is 11.7 Å². The van der Waals surface area contributed by atoms with Crippen molar-refractivity contribution in [3.63, 3.8) is 0 Å². The van der Waals surface area contributed by atoms with Gasteiger partial charge < -0.3 is 5.73 Å². The fourth-order valence-electron chi connectivity index (χ4n) is 2.14. The van der Waals surface area contributed by atoms with Crippen LogP contribution in [0.1, 0.15) is 33.1 Å². The monoisotopic (exact) mass is 196 g/mol. The Bertz CT molecular complexity index is 187. The Hall–Kier alpha value is -0.340. The Morgan fingerprint density at radius 1 is 1.57 bits per heavy atom. The molecule has 2 N–H and O–H groups in total. The zero-order valence-corrected chi connectivity index (χ0v) is 9.63. The molecule has 0 amide bonds. The molecule has 1 heterocycles. The Morgan fingerprint density at radius 2 is 2.36 bits per heavy atom. The second-order valence-electron chi connectivity index (χ2n) is 4.61. The molecule has 82 valence electrons. The van der Waals surface area contributed by atoms with E-state index in [-0.39, 0.29) is 0 Å². The van der Waals surface area contributed by atoms with Gasteiger partial charge in [-0.15, -0.1) is 0 Å². The molecule has 0 aromatic heterocycles. The molecule has 0 saturated carbocycles. The van der Waals surface area contributed by atoms with Crippen molar-refractivity contribution in [1.82, 2.24) is 4.90 Å². The summed E-state index contributed by atoms with van der Waals surface area (Å²) in [5.74, 6) is 0.796. The molecule has 0 aliphatic carbocycles. The van der Waals surface area contributed by atoms with E-state index < -0.39 is 0 Å². The van der Waals surface area contributed by atoms with E-state index in [9.17, 15) is 0 Å². The van der Waals surface area contributed by atoms with Gasteiger partial charge in [0.1, 0.15) is 0 Å². The molecule has 1 atom stereocenters. The lowest BCUT2D eigenvalue weighted by atomic mass is 10.0. The second kappa shape index (κ2) is 6.20. The maximum absolute atomic E-state index is 5.51. The van der Waals surface area contributed by atoms with Gasteiger partial charge in [-0.25, -0.2) is 0 Å². The molecule has 0 bridgehead atoms. The number of hydrogen-bond donors (Lipinski definition) is 1. The molecule has 14 heavy (non-hydrogen) atoms. The lowest BCUT2D eigenvalue weighted by Crippen LogP contribution is -2.33. The second-order valence-corrected chi connectivity index (χ2v) is 4.61. The summed E-state index contributed by atoms with van der Waals surface area (Å²) >= 11 is 0. The van der Waals surface area contributed by atoms with Gasteiger partial charge >= 0.3 is 0 Å². The molecule has 1 rings (SSSR count). The van der Waals surface area contributed by atoms with Gasteiger partial charge in [0, 0.05) is 19.6 Å². The first kappa shape index (κ1) is 11.7. The van der Waals surface area contributed by atoms with Crippen LogP contribution in [0.5, 0.6) is 0 Å². The first-order chi connectivity index (χ1) is 6.72. The molecular formula is C12H24N2. The third-order valence-corrected chi connectivity index (χ3v) is 2.88. The van der Waals surface area contributed by atoms with Crippen molar-refractivity contribution in [2.75, 3.05) is 26.2 Å². The van der Waals surface area contributed by atoms with Crippen molar-refractivity contribution in [3.05, 3.63) is 11.6 Å². The summed E-state index contributed by atoms with van der Waals surface area (Å²) in [6, 6.07) is 0. The number of hydrogen-bond acceptors (Lipinski definition) is 2. The van der Waals surface area contributed by atoms with Crippen molar-refractivity contribution in [2.45, 2.75) is 33.1 Å². The first-order valence-electron chi connectivity index (χ1n) is 5.80. The number of nitrogens with zero attached hydrogens (tertiary/aromatic N) is 1. The lowest BCUT2D eigenvalue weighted by molar-refractivity contribution is 0.243. The van der Waals surface area contributed by atoms with E-state index in [0.29, 0.717) is 0 Å². The molecule has 0 saturated heterocycles. The average molecular weight is 196 g/mol. The topological polar surface area (TPSA) is 29.3 Å². The molecule has 0 aromatic rings. The summed E-state index contributed by atoms with van der Waals surface area (Å²) in [7, 11) is 0. The predicted molar refractivity (Wildman–Crippen MR) is 62.3 cm³/mol. The van der Waals surface area contributed by atoms with E-state index in [0.717, 1.165) is 12.5 Å². The summed E-state index contributed by atoms with van der Waals surface area (Å²) < 4.78 is 0. The molecule has 1 unspecified atom stereocenters.